The van der Waals surface area contributed by atoms with Crippen molar-refractivity contribution in [3.63, 3.8) is 0 Å². The molecular weight excluding hydrogens is 391 g/mol. The predicted molar refractivity (Wildman–Crippen MR) is 103 cm³/mol. The molecule has 0 saturated carbocycles. The van der Waals surface area contributed by atoms with Crippen molar-refractivity contribution < 1.29 is 19.1 Å². The zero-order chi connectivity index (χ0) is 19.8. The Hall–Kier alpha value is -2.57. The van der Waals surface area contributed by atoms with Crippen LogP contribution in [0.5, 0.6) is 0 Å². The van der Waals surface area contributed by atoms with Gasteiger partial charge in [0.1, 0.15) is 6.04 Å². The molecular formula is C19H18Cl2N2O4. The Morgan fingerprint density at radius 2 is 1.70 bits per heavy atom. The first kappa shape index (κ1) is 20.7. The number of carbonyl (C=O) groups excluding carboxylic acids is 3. The molecule has 0 fully saturated rings. The monoisotopic (exact) mass is 408 g/mol. The summed E-state index contributed by atoms with van der Waals surface area (Å²) in [7, 11) is 0. The molecule has 27 heavy (non-hydrogen) atoms. The van der Waals surface area contributed by atoms with Crippen LogP contribution in [-0.2, 0) is 20.9 Å². The van der Waals surface area contributed by atoms with Crippen LogP contribution < -0.4 is 10.6 Å². The van der Waals surface area contributed by atoms with Crippen molar-refractivity contribution in [1.82, 2.24) is 10.6 Å². The predicted octanol–water partition coefficient (Wildman–Crippen LogP) is 2.97. The summed E-state index contributed by atoms with van der Waals surface area (Å²) in [6, 6.07) is 12.4. The molecule has 2 N–H and O–H groups in total. The highest BCUT2D eigenvalue weighted by atomic mass is 35.5. The first-order chi connectivity index (χ1) is 12.9. The van der Waals surface area contributed by atoms with Crippen molar-refractivity contribution in [2.75, 3.05) is 6.61 Å². The van der Waals surface area contributed by atoms with Crippen molar-refractivity contribution in [2.24, 2.45) is 0 Å². The minimum atomic E-state index is -0.912. The molecule has 2 aromatic carbocycles. The molecule has 0 radical (unpaired) electrons. The second-order valence-corrected chi connectivity index (χ2v) is 6.52. The molecule has 0 aliphatic heterocycles. The van der Waals surface area contributed by atoms with Gasteiger partial charge in [0.2, 0.25) is 0 Å². The van der Waals surface area contributed by atoms with Gasteiger partial charge in [-0.15, -0.1) is 0 Å². The second kappa shape index (κ2) is 9.94. The molecule has 0 aliphatic rings. The average molecular weight is 409 g/mol. The van der Waals surface area contributed by atoms with E-state index in [-0.39, 0.29) is 6.54 Å². The molecule has 2 aromatic rings. The fraction of sp³-hybridized carbons (Fsp3) is 0.211. The number of amides is 2. The van der Waals surface area contributed by atoms with E-state index in [2.05, 4.69) is 10.6 Å². The van der Waals surface area contributed by atoms with Gasteiger partial charge in [0.15, 0.2) is 6.61 Å². The Morgan fingerprint density at radius 1 is 1.04 bits per heavy atom. The zero-order valence-electron chi connectivity index (χ0n) is 14.5. The summed E-state index contributed by atoms with van der Waals surface area (Å²) in [6.45, 7) is 1.24. The van der Waals surface area contributed by atoms with Gasteiger partial charge in [-0.05, 0) is 42.8 Å². The molecule has 142 valence electrons. The normalized spacial score (nSPS) is 11.4. The quantitative estimate of drug-likeness (QED) is 0.689. The SMILES string of the molecule is C[C@H](NC(=O)c1ccc(Cl)cc1)C(=O)OCC(=O)NCc1ccccc1Cl. The fourth-order valence-electron chi connectivity index (χ4n) is 2.09. The Labute approximate surface area is 166 Å². The number of nitrogens with one attached hydrogen (secondary N) is 2. The number of halogens is 2. The lowest BCUT2D eigenvalue weighted by Crippen LogP contribution is -2.40. The van der Waals surface area contributed by atoms with E-state index in [4.69, 9.17) is 27.9 Å². The molecule has 0 saturated heterocycles. The van der Waals surface area contributed by atoms with Crippen LogP contribution in [-0.4, -0.2) is 30.4 Å². The maximum absolute atomic E-state index is 12.0. The summed E-state index contributed by atoms with van der Waals surface area (Å²) in [5, 5.41) is 6.14. The van der Waals surface area contributed by atoms with Gasteiger partial charge in [-0.25, -0.2) is 4.79 Å². The largest absolute Gasteiger partial charge is 0.454 e. The molecule has 0 unspecified atom stereocenters. The summed E-state index contributed by atoms with van der Waals surface area (Å²) in [5.41, 5.74) is 1.11. The minimum absolute atomic E-state index is 0.221. The average Bonchev–Trinajstić information content (AvgIpc) is 2.65. The van der Waals surface area contributed by atoms with Crippen molar-refractivity contribution in [3.05, 3.63) is 69.7 Å². The maximum atomic E-state index is 12.0. The highest BCUT2D eigenvalue weighted by molar-refractivity contribution is 6.31. The van der Waals surface area contributed by atoms with Gasteiger partial charge < -0.3 is 15.4 Å². The van der Waals surface area contributed by atoms with Crippen LogP contribution in [0.3, 0.4) is 0 Å². The lowest BCUT2D eigenvalue weighted by Gasteiger charge is -2.13. The third-order valence-corrected chi connectivity index (χ3v) is 4.21. The summed E-state index contributed by atoms with van der Waals surface area (Å²) >= 11 is 11.8. The molecule has 0 aliphatic carbocycles. The molecule has 0 spiro atoms. The molecule has 2 amide bonds. The van der Waals surface area contributed by atoms with Gasteiger partial charge in [0.05, 0.1) is 0 Å². The van der Waals surface area contributed by atoms with Crippen LogP contribution in [0.4, 0.5) is 0 Å². The lowest BCUT2D eigenvalue weighted by molar-refractivity contribution is -0.150. The molecule has 0 heterocycles. The maximum Gasteiger partial charge on any atom is 0.328 e. The Morgan fingerprint density at radius 3 is 2.37 bits per heavy atom. The number of benzene rings is 2. The Balaban J connectivity index is 1.75. The molecule has 2 rings (SSSR count). The number of hydrogen-bond donors (Lipinski definition) is 2. The third kappa shape index (κ3) is 6.58. The van der Waals surface area contributed by atoms with Gasteiger partial charge >= 0.3 is 5.97 Å². The highest BCUT2D eigenvalue weighted by Crippen LogP contribution is 2.14. The van der Waals surface area contributed by atoms with Crippen LogP contribution >= 0.6 is 23.2 Å². The molecule has 8 heteroatoms. The van der Waals surface area contributed by atoms with Gasteiger partial charge in [-0.1, -0.05) is 41.4 Å². The molecule has 0 bridgehead atoms. The van der Waals surface area contributed by atoms with E-state index < -0.39 is 30.4 Å². The highest BCUT2D eigenvalue weighted by Gasteiger charge is 2.19. The van der Waals surface area contributed by atoms with Crippen molar-refractivity contribution >= 4 is 41.0 Å². The smallest absolute Gasteiger partial charge is 0.328 e. The fourth-order valence-corrected chi connectivity index (χ4v) is 2.42. The van der Waals surface area contributed by atoms with Crippen LogP contribution in [0.15, 0.2) is 48.5 Å². The molecule has 0 aromatic heterocycles. The van der Waals surface area contributed by atoms with E-state index in [1.807, 2.05) is 0 Å². The van der Waals surface area contributed by atoms with Gasteiger partial charge in [-0.3, -0.25) is 9.59 Å². The van der Waals surface area contributed by atoms with Crippen molar-refractivity contribution in [3.8, 4) is 0 Å². The summed E-state index contributed by atoms with van der Waals surface area (Å²) in [5.74, 6) is -1.64. The van der Waals surface area contributed by atoms with E-state index >= 15 is 0 Å². The van der Waals surface area contributed by atoms with E-state index in [0.29, 0.717) is 15.6 Å². The summed E-state index contributed by atoms with van der Waals surface area (Å²) in [4.78, 5) is 35.8. The third-order valence-electron chi connectivity index (χ3n) is 3.59. The number of carbonyl (C=O) groups is 3. The van der Waals surface area contributed by atoms with Gasteiger partial charge in [-0.2, -0.15) is 0 Å². The topological polar surface area (TPSA) is 84.5 Å². The van der Waals surface area contributed by atoms with E-state index in [0.717, 1.165) is 5.56 Å². The lowest BCUT2D eigenvalue weighted by atomic mass is 10.2. The first-order valence-corrected chi connectivity index (χ1v) is 8.85. The number of rotatable bonds is 7. The first-order valence-electron chi connectivity index (χ1n) is 8.10. The summed E-state index contributed by atoms with van der Waals surface area (Å²) < 4.78 is 4.92. The van der Waals surface area contributed by atoms with Crippen LogP contribution in [0, 0.1) is 0 Å². The van der Waals surface area contributed by atoms with Crippen molar-refractivity contribution in [1.29, 1.82) is 0 Å². The Kier molecular flexibility index (Phi) is 7.64. The van der Waals surface area contributed by atoms with Crippen molar-refractivity contribution in [2.45, 2.75) is 19.5 Å². The van der Waals surface area contributed by atoms with E-state index in [1.54, 1.807) is 36.4 Å². The van der Waals surface area contributed by atoms with Gasteiger partial charge in [0, 0.05) is 22.2 Å². The van der Waals surface area contributed by atoms with E-state index in [1.165, 1.54) is 19.1 Å². The summed E-state index contributed by atoms with van der Waals surface area (Å²) in [6.07, 6.45) is 0. The standard InChI is InChI=1S/C19H18Cl2N2O4/c1-12(23-18(25)13-6-8-15(20)9-7-13)19(26)27-11-17(24)22-10-14-4-2-3-5-16(14)21/h2-9,12H,10-11H2,1H3,(H,22,24)(H,23,25)/t12-/m0/s1. The second-order valence-electron chi connectivity index (χ2n) is 5.68. The van der Waals surface area contributed by atoms with Crippen LogP contribution in [0.2, 0.25) is 10.0 Å². The number of hydrogen-bond acceptors (Lipinski definition) is 4. The zero-order valence-corrected chi connectivity index (χ0v) is 16.0. The number of esters is 1. The van der Waals surface area contributed by atoms with Crippen LogP contribution in [0.1, 0.15) is 22.8 Å². The Bertz CT molecular complexity index is 825. The van der Waals surface area contributed by atoms with Gasteiger partial charge in [0.25, 0.3) is 11.8 Å². The minimum Gasteiger partial charge on any atom is -0.454 e. The van der Waals surface area contributed by atoms with Crippen LogP contribution in [0.25, 0.3) is 0 Å². The molecule has 1 atom stereocenters. The number of ether oxygens (including phenoxy) is 1. The molecule has 6 nitrogen and oxygen atoms in total. The van der Waals surface area contributed by atoms with E-state index in [9.17, 15) is 14.4 Å².